The van der Waals surface area contributed by atoms with E-state index in [1.807, 2.05) is 0 Å². The largest absolute Gasteiger partial charge is 0.471 e. The third-order valence-corrected chi connectivity index (χ3v) is 3.59. The fourth-order valence-electron chi connectivity index (χ4n) is 1.45. The summed E-state index contributed by atoms with van der Waals surface area (Å²) in [6, 6.07) is 0. The monoisotopic (exact) mass is 227 g/mol. The third-order valence-electron chi connectivity index (χ3n) is 2.38. The summed E-state index contributed by atoms with van der Waals surface area (Å²) in [5.74, 6) is -1.81. The van der Waals surface area contributed by atoms with E-state index in [-0.39, 0.29) is 0 Å². The summed E-state index contributed by atoms with van der Waals surface area (Å²) < 4.78 is 35.9. The Balaban J connectivity index is 2.54. The SMILES string of the molecule is CC1(NC(=O)C(F)(F)F)CCPCC1. The zero-order valence-electron chi connectivity index (χ0n) is 7.87. The molecule has 1 rings (SSSR count). The highest BCUT2D eigenvalue weighted by atomic mass is 31.1. The highest BCUT2D eigenvalue weighted by Crippen LogP contribution is 2.31. The van der Waals surface area contributed by atoms with Gasteiger partial charge in [-0.1, -0.05) is 0 Å². The molecule has 0 aromatic rings. The van der Waals surface area contributed by atoms with Crippen LogP contribution in [0.4, 0.5) is 13.2 Å². The number of amides is 1. The van der Waals surface area contributed by atoms with Crippen molar-refractivity contribution in [1.29, 1.82) is 0 Å². The molecule has 6 heteroatoms. The molecule has 2 nitrogen and oxygen atoms in total. The molecule has 0 saturated carbocycles. The molecule has 1 heterocycles. The number of halogens is 3. The van der Waals surface area contributed by atoms with Crippen molar-refractivity contribution in [3.8, 4) is 0 Å². The number of alkyl halides is 3. The van der Waals surface area contributed by atoms with E-state index in [4.69, 9.17) is 0 Å². The van der Waals surface area contributed by atoms with Gasteiger partial charge in [-0.15, -0.1) is 8.58 Å². The van der Waals surface area contributed by atoms with Crippen molar-refractivity contribution in [3.63, 3.8) is 0 Å². The molecule has 0 unspecified atom stereocenters. The predicted molar refractivity (Wildman–Crippen MR) is 49.9 cm³/mol. The van der Waals surface area contributed by atoms with Gasteiger partial charge in [0.05, 0.1) is 0 Å². The van der Waals surface area contributed by atoms with Gasteiger partial charge in [-0.3, -0.25) is 4.79 Å². The summed E-state index contributed by atoms with van der Waals surface area (Å²) in [7, 11) is 0.819. The van der Waals surface area contributed by atoms with Crippen LogP contribution in [0.15, 0.2) is 0 Å². The van der Waals surface area contributed by atoms with E-state index in [0.717, 1.165) is 20.9 Å². The van der Waals surface area contributed by atoms with Gasteiger partial charge in [-0.05, 0) is 32.1 Å². The number of hydrogen-bond acceptors (Lipinski definition) is 1. The Morgan fingerprint density at radius 1 is 1.36 bits per heavy atom. The van der Waals surface area contributed by atoms with Crippen LogP contribution in [0.25, 0.3) is 0 Å². The molecule has 0 atom stereocenters. The maximum atomic E-state index is 12.0. The van der Waals surface area contributed by atoms with Crippen molar-refractivity contribution in [3.05, 3.63) is 0 Å². The first-order chi connectivity index (χ1) is 6.33. The molecule has 1 saturated heterocycles. The zero-order valence-corrected chi connectivity index (χ0v) is 8.87. The van der Waals surface area contributed by atoms with Crippen molar-refractivity contribution in [1.82, 2.24) is 5.32 Å². The molecule has 1 aliphatic rings. The highest BCUT2D eigenvalue weighted by Gasteiger charge is 2.42. The summed E-state index contributed by atoms with van der Waals surface area (Å²) in [6.45, 7) is 1.68. The number of carbonyl (C=O) groups is 1. The number of nitrogens with one attached hydrogen (secondary N) is 1. The van der Waals surface area contributed by atoms with Crippen molar-refractivity contribution in [2.75, 3.05) is 12.3 Å². The molecular formula is C8H13F3NOP. The molecule has 0 bridgehead atoms. The average molecular weight is 227 g/mol. The summed E-state index contributed by atoms with van der Waals surface area (Å²) in [6.07, 6.45) is -1.65. The van der Waals surface area contributed by atoms with E-state index in [2.05, 4.69) is 5.32 Å². The topological polar surface area (TPSA) is 29.1 Å². The second-order valence-electron chi connectivity index (χ2n) is 3.76. The fourth-order valence-corrected chi connectivity index (χ4v) is 3.16. The van der Waals surface area contributed by atoms with Crippen molar-refractivity contribution < 1.29 is 18.0 Å². The van der Waals surface area contributed by atoms with E-state index in [0.29, 0.717) is 12.8 Å². The van der Waals surface area contributed by atoms with Crippen molar-refractivity contribution >= 4 is 14.5 Å². The maximum Gasteiger partial charge on any atom is 0.471 e. The van der Waals surface area contributed by atoms with Crippen LogP contribution in [-0.2, 0) is 4.79 Å². The second kappa shape index (κ2) is 4.05. The Kier molecular flexibility index (Phi) is 3.40. The van der Waals surface area contributed by atoms with Gasteiger partial charge in [-0.2, -0.15) is 13.2 Å². The summed E-state index contributed by atoms with van der Waals surface area (Å²) in [5, 5.41) is 2.08. The summed E-state index contributed by atoms with van der Waals surface area (Å²) >= 11 is 0. The number of hydrogen-bond donors (Lipinski definition) is 1. The molecule has 14 heavy (non-hydrogen) atoms. The Morgan fingerprint density at radius 2 is 1.86 bits per heavy atom. The van der Waals surface area contributed by atoms with Gasteiger partial charge in [0.2, 0.25) is 0 Å². The molecule has 0 radical (unpaired) electrons. The summed E-state index contributed by atoms with van der Waals surface area (Å²) in [4.78, 5) is 10.7. The standard InChI is InChI=1S/C8H13F3NOP/c1-7(2-4-14-5-3-7)12-6(13)8(9,10)11/h14H,2-5H2,1H3,(H,12,13). The number of rotatable bonds is 1. The van der Waals surface area contributed by atoms with Crippen LogP contribution in [0.5, 0.6) is 0 Å². The second-order valence-corrected chi connectivity index (χ2v) is 5.26. The quantitative estimate of drug-likeness (QED) is 0.681. The van der Waals surface area contributed by atoms with Gasteiger partial charge in [0.1, 0.15) is 0 Å². The first-order valence-electron chi connectivity index (χ1n) is 4.44. The lowest BCUT2D eigenvalue weighted by molar-refractivity contribution is -0.175. The van der Waals surface area contributed by atoms with Gasteiger partial charge in [-0.25, -0.2) is 0 Å². The Hall–Kier alpha value is -0.310. The van der Waals surface area contributed by atoms with Gasteiger partial charge in [0, 0.05) is 5.54 Å². The molecule has 1 fully saturated rings. The first-order valence-corrected chi connectivity index (χ1v) is 5.85. The van der Waals surface area contributed by atoms with Crippen LogP contribution in [0.3, 0.4) is 0 Å². The molecule has 1 amide bonds. The lowest BCUT2D eigenvalue weighted by Gasteiger charge is -2.34. The molecule has 0 aromatic carbocycles. The van der Waals surface area contributed by atoms with Gasteiger partial charge in [0.15, 0.2) is 0 Å². The average Bonchev–Trinajstić information content (AvgIpc) is 2.02. The van der Waals surface area contributed by atoms with E-state index in [9.17, 15) is 18.0 Å². The van der Waals surface area contributed by atoms with Crippen molar-refractivity contribution in [2.24, 2.45) is 0 Å². The Bertz CT molecular complexity index is 223. The van der Waals surface area contributed by atoms with Crippen LogP contribution in [0, 0.1) is 0 Å². The Labute approximate surface area is 82.4 Å². The molecular weight excluding hydrogens is 214 g/mol. The molecule has 1 N–H and O–H groups in total. The van der Waals surface area contributed by atoms with E-state index < -0.39 is 17.6 Å². The smallest absolute Gasteiger partial charge is 0.343 e. The minimum absolute atomic E-state index is 0.646. The molecule has 0 spiro atoms. The highest BCUT2D eigenvalue weighted by molar-refractivity contribution is 7.38. The Morgan fingerprint density at radius 3 is 2.29 bits per heavy atom. The maximum absolute atomic E-state index is 12.0. The van der Waals surface area contributed by atoms with E-state index in [1.165, 1.54) is 0 Å². The van der Waals surface area contributed by atoms with Gasteiger partial charge in [0.25, 0.3) is 0 Å². The van der Waals surface area contributed by atoms with Gasteiger partial charge < -0.3 is 5.32 Å². The molecule has 1 aliphatic heterocycles. The predicted octanol–water partition coefficient (Wildman–Crippen LogP) is 1.90. The van der Waals surface area contributed by atoms with E-state index >= 15 is 0 Å². The third kappa shape index (κ3) is 3.12. The molecule has 0 aromatic heterocycles. The number of carbonyl (C=O) groups excluding carboxylic acids is 1. The minimum atomic E-state index is -4.76. The fraction of sp³-hybridized carbons (Fsp3) is 0.875. The minimum Gasteiger partial charge on any atom is -0.343 e. The van der Waals surface area contributed by atoms with Crippen molar-refractivity contribution in [2.45, 2.75) is 31.5 Å². The molecule has 82 valence electrons. The summed E-state index contributed by atoms with van der Waals surface area (Å²) in [5.41, 5.74) is -0.655. The van der Waals surface area contributed by atoms with Crippen LogP contribution < -0.4 is 5.32 Å². The van der Waals surface area contributed by atoms with Crippen LogP contribution in [-0.4, -0.2) is 29.9 Å². The first kappa shape index (κ1) is 11.8. The molecule has 0 aliphatic carbocycles. The lowest BCUT2D eigenvalue weighted by Crippen LogP contribution is -2.52. The zero-order chi connectivity index (χ0) is 10.8. The van der Waals surface area contributed by atoms with Crippen LogP contribution in [0.2, 0.25) is 0 Å². The normalized spacial score (nSPS) is 30.3. The van der Waals surface area contributed by atoms with Gasteiger partial charge >= 0.3 is 12.1 Å². The van der Waals surface area contributed by atoms with Crippen LogP contribution in [0.1, 0.15) is 19.8 Å². The lowest BCUT2D eigenvalue weighted by atomic mass is 9.95. The van der Waals surface area contributed by atoms with E-state index in [1.54, 1.807) is 6.92 Å². The van der Waals surface area contributed by atoms with Crippen LogP contribution >= 0.6 is 8.58 Å².